The van der Waals surface area contributed by atoms with Gasteiger partial charge in [0, 0.05) is 31.8 Å². The molecular weight excluding hydrogens is 349 g/mol. The first-order chi connectivity index (χ1) is 12.7. The number of anilines is 1. The topological polar surface area (TPSA) is 60.5 Å². The molecule has 2 aromatic rings. The van der Waals surface area contributed by atoms with Gasteiger partial charge in [0.25, 0.3) is 0 Å². The molecule has 0 radical (unpaired) electrons. The molecule has 0 spiro atoms. The van der Waals surface area contributed by atoms with Crippen LogP contribution in [0.5, 0.6) is 0 Å². The van der Waals surface area contributed by atoms with Crippen molar-refractivity contribution in [3.05, 3.63) is 71.2 Å². The van der Waals surface area contributed by atoms with E-state index in [1.54, 1.807) is 13.1 Å². The normalized spacial score (nSPS) is 16.0. The number of rotatable bonds is 2. The summed E-state index contributed by atoms with van der Waals surface area (Å²) in [5.74, 6) is 0.451. The molecule has 0 saturated heterocycles. The number of hydrazine groups is 1. The zero-order valence-electron chi connectivity index (χ0n) is 14.8. The van der Waals surface area contributed by atoms with E-state index in [-0.39, 0.29) is 5.82 Å². The minimum atomic E-state index is -0.192. The Bertz CT molecular complexity index is 829. The molecule has 0 aromatic heterocycles. The van der Waals surface area contributed by atoms with Crippen molar-refractivity contribution in [3.8, 4) is 0 Å². The van der Waals surface area contributed by atoms with Gasteiger partial charge >= 0.3 is 0 Å². The molecule has 2 aliphatic heterocycles. The van der Waals surface area contributed by atoms with Crippen LogP contribution in [0.4, 0.5) is 10.1 Å². The molecule has 0 atom stereocenters. The van der Waals surface area contributed by atoms with Gasteiger partial charge in [0.1, 0.15) is 5.82 Å². The highest BCUT2D eigenvalue weighted by atomic mass is 32.2. The molecule has 0 fully saturated rings. The van der Waals surface area contributed by atoms with Gasteiger partial charge in [-0.25, -0.2) is 9.82 Å². The summed E-state index contributed by atoms with van der Waals surface area (Å²) in [5.41, 5.74) is 9.44. The summed E-state index contributed by atoms with van der Waals surface area (Å²) in [5, 5.41) is 3.17. The third kappa shape index (κ3) is 4.36. The number of guanidine groups is 1. The van der Waals surface area contributed by atoms with Gasteiger partial charge in [0.15, 0.2) is 0 Å². The number of nitrogens with zero attached hydrogens (tertiary/aromatic N) is 1. The molecule has 7 heteroatoms. The van der Waals surface area contributed by atoms with Crippen LogP contribution in [0.3, 0.4) is 0 Å². The summed E-state index contributed by atoms with van der Waals surface area (Å²) in [6.45, 7) is 3.01. The van der Waals surface area contributed by atoms with Crippen LogP contribution in [0.25, 0.3) is 0 Å². The Morgan fingerprint density at radius 2 is 2.04 bits per heavy atom. The summed E-state index contributed by atoms with van der Waals surface area (Å²) in [6, 6.07) is 11.4. The quantitative estimate of drug-likeness (QED) is 0.610. The molecule has 4 N–H and O–H groups in total. The first kappa shape index (κ1) is 18.3. The number of hydrogen-bond acceptors (Lipinski definition) is 4. The smallest absolute Gasteiger partial charge is 0.206 e. The van der Waals surface area contributed by atoms with E-state index in [0.717, 1.165) is 22.7 Å². The summed E-state index contributed by atoms with van der Waals surface area (Å²) in [6.07, 6.45) is 4.45. The van der Waals surface area contributed by atoms with Gasteiger partial charge in [-0.2, -0.15) is 0 Å². The predicted molar refractivity (Wildman–Crippen MR) is 107 cm³/mol. The van der Waals surface area contributed by atoms with Crippen molar-refractivity contribution in [2.75, 3.05) is 18.9 Å². The van der Waals surface area contributed by atoms with E-state index < -0.39 is 0 Å². The first-order valence-electron chi connectivity index (χ1n) is 8.35. The molecule has 136 valence electrons. The van der Waals surface area contributed by atoms with Crippen molar-refractivity contribution in [1.82, 2.24) is 15.6 Å². The first-order valence-corrected chi connectivity index (χ1v) is 9.16. The van der Waals surface area contributed by atoms with Gasteiger partial charge in [0.2, 0.25) is 5.96 Å². The molecule has 0 aliphatic carbocycles. The second-order valence-electron chi connectivity index (χ2n) is 5.83. The van der Waals surface area contributed by atoms with Crippen molar-refractivity contribution in [2.24, 2.45) is 4.99 Å². The molecule has 0 amide bonds. The van der Waals surface area contributed by atoms with Crippen LogP contribution in [0.2, 0.25) is 0 Å². The zero-order valence-corrected chi connectivity index (χ0v) is 15.6. The van der Waals surface area contributed by atoms with E-state index in [1.165, 1.54) is 23.6 Å². The standard InChI is InChI=1S/C16H16FN3S.C3H6N2/c1-10-5-3-4-6-11(10)9-12-13(17)7-8-14-15(12)19-16(18-2)20-21-14;1-2-4-5-3-1/h3-8H,9H2,1-2H3,(H2,18,19,20);1-2,4-5H,3H2. The number of fused-ring (bicyclic) bond motifs is 1. The van der Waals surface area contributed by atoms with Crippen LogP contribution in [-0.4, -0.2) is 19.6 Å². The molecule has 0 unspecified atom stereocenters. The lowest BCUT2D eigenvalue weighted by Gasteiger charge is -2.23. The average Bonchev–Trinajstić information content (AvgIpc) is 3.25. The molecular formula is C19H22FN5S. The monoisotopic (exact) mass is 371 g/mol. The Kier molecular flexibility index (Phi) is 6.14. The van der Waals surface area contributed by atoms with Crippen LogP contribution in [-0.2, 0) is 6.42 Å². The van der Waals surface area contributed by atoms with Crippen molar-refractivity contribution in [3.63, 3.8) is 0 Å². The van der Waals surface area contributed by atoms with Crippen LogP contribution < -0.4 is 20.9 Å². The highest BCUT2D eigenvalue weighted by Crippen LogP contribution is 2.35. The highest BCUT2D eigenvalue weighted by molar-refractivity contribution is 7.98. The van der Waals surface area contributed by atoms with E-state index in [4.69, 9.17) is 0 Å². The van der Waals surface area contributed by atoms with Crippen molar-refractivity contribution in [1.29, 1.82) is 0 Å². The maximum absolute atomic E-state index is 14.3. The lowest BCUT2D eigenvalue weighted by molar-refractivity contribution is 0.613. The van der Waals surface area contributed by atoms with Crippen LogP contribution in [0, 0.1) is 12.7 Å². The molecule has 0 bridgehead atoms. The van der Waals surface area contributed by atoms with E-state index >= 15 is 0 Å². The molecule has 2 aromatic carbocycles. The van der Waals surface area contributed by atoms with Crippen LogP contribution in [0.1, 0.15) is 16.7 Å². The summed E-state index contributed by atoms with van der Waals surface area (Å²) in [4.78, 5) is 5.07. The van der Waals surface area contributed by atoms with Crippen LogP contribution >= 0.6 is 11.9 Å². The molecule has 2 aliphatic rings. The van der Waals surface area contributed by atoms with E-state index in [9.17, 15) is 4.39 Å². The Balaban J connectivity index is 0.000000339. The Labute approximate surface area is 157 Å². The number of hydrogen-bond donors (Lipinski definition) is 4. The van der Waals surface area contributed by atoms with Gasteiger partial charge in [0.05, 0.1) is 10.6 Å². The average molecular weight is 371 g/mol. The fourth-order valence-electron chi connectivity index (χ4n) is 2.64. The Morgan fingerprint density at radius 1 is 1.19 bits per heavy atom. The van der Waals surface area contributed by atoms with Gasteiger partial charge in [-0.1, -0.05) is 30.3 Å². The third-order valence-corrected chi connectivity index (χ3v) is 4.95. The van der Waals surface area contributed by atoms with Gasteiger partial charge in [-0.3, -0.25) is 9.71 Å². The number of aryl methyl sites for hydroxylation is 1. The van der Waals surface area contributed by atoms with Crippen molar-refractivity contribution in [2.45, 2.75) is 18.2 Å². The van der Waals surface area contributed by atoms with Crippen LogP contribution in [0.15, 0.2) is 58.6 Å². The fraction of sp³-hybridized carbons (Fsp3) is 0.211. The van der Waals surface area contributed by atoms with E-state index in [1.807, 2.05) is 43.5 Å². The zero-order chi connectivity index (χ0) is 18.4. The molecule has 0 saturated carbocycles. The maximum Gasteiger partial charge on any atom is 0.206 e. The molecule has 26 heavy (non-hydrogen) atoms. The van der Waals surface area contributed by atoms with Crippen molar-refractivity contribution >= 4 is 23.6 Å². The lowest BCUT2D eigenvalue weighted by atomic mass is 9.99. The van der Waals surface area contributed by atoms with E-state index in [0.29, 0.717) is 17.9 Å². The van der Waals surface area contributed by atoms with Gasteiger partial charge < -0.3 is 10.7 Å². The second-order valence-corrected chi connectivity index (χ2v) is 6.68. The number of benzene rings is 2. The minimum absolute atomic E-state index is 0.192. The third-order valence-electron chi connectivity index (χ3n) is 4.09. The van der Waals surface area contributed by atoms with E-state index in [2.05, 4.69) is 25.9 Å². The molecule has 5 nitrogen and oxygen atoms in total. The highest BCUT2D eigenvalue weighted by Gasteiger charge is 2.20. The lowest BCUT2D eigenvalue weighted by Crippen LogP contribution is -2.30. The Morgan fingerprint density at radius 3 is 2.69 bits per heavy atom. The predicted octanol–water partition coefficient (Wildman–Crippen LogP) is 3.34. The van der Waals surface area contributed by atoms with Crippen molar-refractivity contribution < 1.29 is 4.39 Å². The number of aliphatic imine (C=N–C) groups is 1. The second kappa shape index (κ2) is 8.73. The number of halogens is 1. The molecule has 4 rings (SSSR count). The minimum Gasteiger partial charge on any atom is -0.329 e. The summed E-state index contributed by atoms with van der Waals surface area (Å²) >= 11 is 1.45. The number of nitrogens with one attached hydrogen (secondary N) is 4. The summed E-state index contributed by atoms with van der Waals surface area (Å²) in [7, 11) is 1.70. The Hall–Kier alpha value is -2.51. The van der Waals surface area contributed by atoms with Gasteiger partial charge in [-0.15, -0.1) is 0 Å². The largest absolute Gasteiger partial charge is 0.329 e. The summed E-state index contributed by atoms with van der Waals surface area (Å²) < 4.78 is 17.4. The maximum atomic E-state index is 14.3. The van der Waals surface area contributed by atoms with Gasteiger partial charge in [-0.05, 0) is 42.1 Å². The molecule has 2 heterocycles. The SMILES string of the molecule is C1=CNNC1.CN=C1NSc2ccc(F)c(Cc3ccccc3C)c2N1. The fourth-order valence-corrected chi connectivity index (χ4v) is 3.40.